The predicted molar refractivity (Wildman–Crippen MR) is 114 cm³/mol. The third-order valence-corrected chi connectivity index (χ3v) is 5.63. The predicted octanol–water partition coefficient (Wildman–Crippen LogP) is 5.06. The molecule has 1 atom stereocenters. The summed E-state index contributed by atoms with van der Waals surface area (Å²) in [6, 6.07) is 23.9. The maximum Gasteiger partial charge on any atom is 0.119 e. The van der Waals surface area contributed by atoms with Gasteiger partial charge in [0.05, 0.1) is 18.8 Å². The number of pyridine rings is 1. The summed E-state index contributed by atoms with van der Waals surface area (Å²) in [6.45, 7) is 2.27. The topological polar surface area (TPSA) is 25.4 Å². The van der Waals surface area contributed by atoms with Crippen molar-refractivity contribution in [2.75, 3.05) is 20.2 Å². The van der Waals surface area contributed by atoms with E-state index in [1.807, 2.05) is 18.3 Å². The standard InChI is InChI=1S/C25H28N2O/c1-28-23-10-5-9-21(18-23)17-22-12-13-24(26-19-22)25-11-6-15-27(25)16-14-20-7-3-2-4-8-20/h2-5,7-10,12-13,18-19,25H,6,11,14-17H2,1H3. The fourth-order valence-electron chi connectivity index (χ4n) is 4.10. The lowest BCUT2D eigenvalue weighted by atomic mass is 10.0. The van der Waals surface area contributed by atoms with Gasteiger partial charge in [-0.2, -0.15) is 0 Å². The number of benzene rings is 2. The van der Waals surface area contributed by atoms with Crippen LogP contribution in [0.4, 0.5) is 0 Å². The zero-order valence-corrected chi connectivity index (χ0v) is 16.6. The van der Waals surface area contributed by atoms with Gasteiger partial charge in [0.15, 0.2) is 0 Å². The monoisotopic (exact) mass is 372 g/mol. The van der Waals surface area contributed by atoms with Crippen LogP contribution < -0.4 is 4.74 Å². The number of likely N-dealkylation sites (tertiary alicyclic amines) is 1. The van der Waals surface area contributed by atoms with Gasteiger partial charge >= 0.3 is 0 Å². The number of rotatable bonds is 7. The van der Waals surface area contributed by atoms with Gasteiger partial charge in [0.2, 0.25) is 0 Å². The van der Waals surface area contributed by atoms with Crippen molar-refractivity contribution in [3.05, 3.63) is 95.3 Å². The molecule has 0 aliphatic carbocycles. The molecule has 0 saturated carbocycles. The molecule has 28 heavy (non-hydrogen) atoms. The van der Waals surface area contributed by atoms with E-state index in [0.717, 1.165) is 25.1 Å². The van der Waals surface area contributed by atoms with Gasteiger partial charge in [0.25, 0.3) is 0 Å². The van der Waals surface area contributed by atoms with Gasteiger partial charge < -0.3 is 4.74 Å². The molecule has 1 unspecified atom stereocenters. The molecular weight excluding hydrogens is 344 g/mol. The largest absolute Gasteiger partial charge is 0.497 e. The zero-order chi connectivity index (χ0) is 19.2. The molecule has 0 amide bonds. The molecular formula is C25H28N2O. The van der Waals surface area contributed by atoms with Crippen LogP contribution in [-0.4, -0.2) is 30.1 Å². The van der Waals surface area contributed by atoms with E-state index in [-0.39, 0.29) is 0 Å². The number of hydrogen-bond acceptors (Lipinski definition) is 3. The lowest BCUT2D eigenvalue weighted by molar-refractivity contribution is 0.256. The highest BCUT2D eigenvalue weighted by Crippen LogP contribution is 2.31. The molecule has 1 aromatic heterocycles. The van der Waals surface area contributed by atoms with Crippen LogP contribution in [-0.2, 0) is 12.8 Å². The van der Waals surface area contributed by atoms with Crippen LogP contribution in [0.3, 0.4) is 0 Å². The third kappa shape index (κ3) is 4.60. The Morgan fingerprint density at radius 1 is 0.964 bits per heavy atom. The Morgan fingerprint density at radius 3 is 2.61 bits per heavy atom. The Kier molecular flexibility index (Phi) is 6.03. The summed E-state index contributed by atoms with van der Waals surface area (Å²) in [5, 5.41) is 0. The second-order valence-electron chi connectivity index (χ2n) is 7.55. The summed E-state index contributed by atoms with van der Waals surface area (Å²) in [7, 11) is 1.71. The van der Waals surface area contributed by atoms with Gasteiger partial charge in [-0.15, -0.1) is 0 Å². The minimum Gasteiger partial charge on any atom is -0.497 e. The van der Waals surface area contributed by atoms with E-state index in [0.29, 0.717) is 6.04 Å². The first-order chi connectivity index (χ1) is 13.8. The van der Waals surface area contributed by atoms with Crippen molar-refractivity contribution < 1.29 is 4.74 Å². The summed E-state index contributed by atoms with van der Waals surface area (Å²) in [4.78, 5) is 7.43. The maximum absolute atomic E-state index is 5.32. The molecule has 1 aliphatic heterocycles. The lowest BCUT2D eigenvalue weighted by Gasteiger charge is -2.24. The van der Waals surface area contributed by atoms with Crippen molar-refractivity contribution in [3.63, 3.8) is 0 Å². The average molecular weight is 373 g/mol. The van der Waals surface area contributed by atoms with E-state index >= 15 is 0 Å². The molecule has 2 aromatic carbocycles. The molecule has 1 aliphatic rings. The fraction of sp³-hybridized carbons (Fsp3) is 0.320. The molecule has 1 fully saturated rings. The number of hydrogen-bond donors (Lipinski definition) is 0. The summed E-state index contributed by atoms with van der Waals surface area (Å²) >= 11 is 0. The Labute approximate surface area is 168 Å². The van der Waals surface area contributed by atoms with Crippen molar-refractivity contribution in [2.45, 2.75) is 31.7 Å². The van der Waals surface area contributed by atoms with E-state index < -0.39 is 0 Å². The highest BCUT2D eigenvalue weighted by molar-refractivity contribution is 5.32. The van der Waals surface area contributed by atoms with Crippen molar-refractivity contribution in [1.29, 1.82) is 0 Å². The van der Waals surface area contributed by atoms with Crippen molar-refractivity contribution in [3.8, 4) is 5.75 Å². The van der Waals surface area contributed by atoms with Gasteiger partial charge in [-0.3, -0.25) is 9.88 Å². The van der Waals surface area contributed by atoms with Gasteiger partial charge in [-0.1, -0.05) is 48.5 Å². The molecule has 0 bridgehead atoms. The van der Waals surface area contributed by atoms with Crippen LogP contribution in [0, 0.1) is 0 Å². The Hall–Kier alpha value is -2.65. The van der Waals surface area contributed by atoms with Crippen LogP contribution in [0.2, 0.25) is 0 Å². The van der Waals surface area contributed by atoms with Crippen LogP contribution in [0.5, 0.6) is 5.75 Å². The van der Waals surface area contributed by atoms with Crippen LogP contribution in [0.25, 0.3) is 0 Å². The van der Waals surface area contributed by atoms with Gasteiger partial charge in [-0.25, -0.2) is 0 Å². The molecule has 144 valence electrons. The second-order valence-corrected chi connectivity index (χ2v) is 7.55. The van der Waals surface area contributed by atoms with E-state index in [4.69, 9.17) is 9.72 Å². The van der Waals surface area contributed by atoms with E-state index in [2.05, 4.69) is 59.5 Å². The molecule has 0 radical (unpaired) electrons. The Morgan fingerprint density at radius 2 is 1.82 bits per heavy atom. The average Bonchev–Trinajstić information content (AvgIpc) is 3.22. The highest BCUT2D eigenvalue weighted by atomic mass is 16.5. The molecule has 0 N–H and O–H groups in total. The number of methoxy groups -OCH3 is 1. The first-order valence-corrected chi connectivity index (χ1v) is 10.2. The molecule has 4 rings (SSSR count). The number of aromatic nitrogens is 1. The number of nitrogens with zero attached hydrogens (tertiary/aromatic N) is 2. The molecule has 3 heteroatoms. The lowest BCUT2D eigenvalue weighted by Crippen LogP contribution is -2.26. The SMILES string of the molecule is COc1cccc(Cc2ccc(C3CCCN3CCc3ccccc3)nc2)c1. The summed E-state index contributed by atoms with van der Waals surface area (Å²) < 4.78 is 5.32. The Bertz CT molecular complexity index is 877. The van der Waals surface area contributed by atoms with E-state index in [9.17, 15) is 0 Å². The van der Waals surface area contributed by atoms with Gasteiger partial charge in [0.1, 0.15) is 5.75 Å². The first-order valence-electron chi connectivity index (χ1n) is 10.2. The molecule has 1 saturated heterocycles. The third-order valence-electron chi connectivity index (χ3n) is 5.63. The Balaban J connectivity index is 1.39. The normalized spacial score (nSPS) is 17.0. The van der Waals surface area contributed by atoms with Gasteiger partial charge in [0, 0.05) is 12.7 Å². The van der Waals surface area contributed by atoms with Crippen molar-refractivity contribution in [1.82, 2.24) is 9.88 Å². The summed E-state index contributed by atoms with van der Waals surface area (Å²) in [5.74, 6) is 0.905. The first kappa shape index (κ1) is 18.7. The van der Waals surface area contributed by atoms with Crippen LogP contribution in [0.15, 0.2) is 72.9 Å². The quantitative estimate of drug-likeness (QED) is 0.580. The van der Waals surface area contributed by atoms with E-state index in [1.165, 1.54) is 41.8 Å². The maximum atomic E-state index is 5.32. The van der Waals surface area contributed by atoms with Crippen molar-refractivity contribution >= 4 is 0 Å². The smallest absolute Gasteiger partial charge is 0.119 e. The summed E-state index contributed by atoms with van der Waals surface area (Å²) in [5.41, 5.74) is 5.11. The minimum absolute atomic E-state index is 0.453. The minimum atomic E-state index is 0.453. The fourth-order valence-corrected chi connectivity index (χ4v) is 4.10. The molecule has 0 spiro atoms. The summed E-state index contributed by atoms with van der Waals surface area (Å²) in [6.07, 6.45) is 6.49. The molecule has 3 aromatic rings. The second kappa shape index (κ2) is 9.03. The molecule has 2 heterocycles. The van der Waals surface area contributed by atoms with Gasteiger partial charge in [-0.05, 0) is 67.1 Å². The number of ether oxygens (including phenoxy) is 1. The van der Waals surface area contributed by atoms with E-state index in [1.54, 1.807) is 7.11 Å². The highest BCUT2D eigenvalue weighted by Gasteiger charge is 2.26. The zero-order valence-electron chi connectivity index (χ0n) is 16.6. The van der Waals surface area contributed by atoms with Crippen LogP contribution in [0.1, 0.15) is 41.3 Å². The van der Waals surface area contributed by atoms with Crippen LogP contribution >= 0.6 is 0 Å². The molecule has 3 nitrogen and oxygen atoms in total. The van der Waals surface area contributed by atoms with Crippen molar-refractivity contribution in [2.24, 2.45) is 0 Å².